The summed E-state index contributed by atoms with van der Waals surface area (Å²) in [6, 6.07) is 11.0. The zero-order chi connectivity index (χ0) is 16.8. The first-order chi connectivity index (χ1) is 11.6. The van der Waals surface area contributed by atoms with Gasteiger partial charge < -0.3 is 0 Å². The minimum absolute atomic E-state index is 0.387. The van der Waals surface area contributed by atoms with Gasteiger partial charge in [0.25, 0.3) is 11.8 Å². The molecule has 0 N–H and O–H groups in total. The lowest BCUT2D eigenvalue weighted by molar-refractivity contribution is -0.121. The predicted molar refractivity (Wildman–Crippen MR) is 85.0 cm³/mol. The molecule has 0 spiro atoms. The van der Waals surface area contributed by atoms with E-state index in [1.165, 1.54) is 23.2 Å². The topological polar surface area (TPSA) is 65.3 Å². The van der Waals surface area contributed by atoms with Gasteiger partial charge in [-0.25, -0.2) is 14.3 Å². The van der Waals surface area contributed by atoms with Gasteiger partial charge in [0, 0.05) is 0 Å². The number of carbonyl (C=O) groups is 2. The maximum absolute atomic E-state index is 13.5. The highest BCUT2D eigenvalue weighted by Gasteiger charge is 2.55. The van der Waals surface area contributed by atoms with Crippen LogP contribution >= 0.6 is 0 Å². The molecule has 1 fully saturated rings. The van der Waals surface area contributed by atoms with Crippen LogP contribution in [0.25, 0.3) is 0 Å². The molecule has 0 unspecified atom stereocenters. The van der Waals surface area contributed by atoms with Crippen LogP contribution in [0.4, 0.5) is 15.8 Å². The van der Waals surface area contributed by atoms with Crippen LogP contribution in [-0.2, 0) is 9.59 Å². The molecule has 0 aromatic heterocycles. The van der Waals surface area contributed by atoms with Crippen molar-refractivity contribution in [3.05, 3.63) is 59.9 Å². The number of benzene rings is 2. The van der Waals surface area contributed by atoms with E-state index in [1.54, 1.807) is 18.2 Å². The third kappa shape index (κ3) is 2.09. The number of halogens is 1. The fraction of sp³-hybridized carbons (Fsp3) is 0.176. The van der Waals surface area contributed by atoms with Crippen molar-refractivity contribution in [1.29, 1.82) is 0 Å². The summed E-state index contributed by atoms with van der Waals surface area (Å²) in [5.41, 5.74) is 1.91. The molecule has 2 aromatic carbocycles. The maximum Gasteiger partial charge on any atom is 0.263 e. The van der Waals surface area contributed by atoms with E-state index in [2.05, 4.69) is 10.3 Å². The van der Waals surface area contributed by atoms with Crippen molar-refractivity contribution in [3.63, 3.8) is 0 Å². The summed E-state index contributed by atoms with van der Waals surface area (Å²) in [4.78, 5) is 26.5. The highest BCUT2D eigenvalue weighted by molar-refractivity contribution is 6.26. The van der Waals surface area contributed by atoms with Crippen molar-refractivity contribution in [2.75, 3.05) is 9.91 Å². The Morgan fingerprint density at radius 3 is 2.46 bits per heavy atom. The number of aryl methyl sites for hydroxylation is 1. The van der Waals surface area contributed by atoms with Gasteiger partial charge in [-0.1, -0.05) is 29.0 Å². The van der Waals surface area contributed by atoms with E-state index < -0.39 is 29.7 Å². The summed E-state index contributed by atoms with van der Waals surface area (Å²) in [6.07, 6.45) is 0. The van der Waals surface area contributed by atoms with Gasteiger partial charge in [-0.2, -0.15) is 5.11 Å². The van der Waals surface area contributed by atoms with Crippen LogP contribution in [-0.4, -0.2) is 23.9 Å². The number of hydrogen-bond acceptors (Lipinski definition) is 5. The van der Waals surface area contributed by atoms with Gasteiger partial charge >= 0.3 is 0 Å². The Bertz CT molecular complexity index is 865. The molecule has 2 amide bonds. The Labute approximate surface area is 137 Å². The van der Waals surface area contributed by atoms with Gasteiger partial charge in [0.1, 0.15) is 5.82 Å². The third-order valence-electron chi connectivity index (χ3n) is 4.15. The van der Waals surface area contributed by atoms with E-state index in [9.17, 15) is 14.0 Å². The molecule has 0 aliphatic carbocycles. The molecule has 2 aliphatic rings. The molecule has 2 atom stereocenters. The Balaban J connectivity index is 1.70. The molecule has 1 saturated heterocycles. The Kier molecular flexibility index (Phi) is 3.16. The summed E-state index contributed by atoms with van der Waals surface area (Å²) < 4.78 is 13.5. The molecule has 2 aliphatic heterocycles. The summed E-state index contributed by atoms with van der Waals surface area (Å²) in [6.45, 7) is 1.92. The van der Waals surface area contributed by atoms with Gasteiger partial charge in [0.05, 0.1) is 11.4 Å². The zero-order valence-electron chi connectivity index (χ0n) is 12.8. The fourth-order valence-electron chi connectivity index (χ4n) is 2.94. The average Bonchev–Trinajstić information content (AvgIpc) is 3.10. The number of anilines is 2. The van der Waals surface area contributed by atoms with E-state index in [-0.39, 0.29) is 0 Å². The zero-order valence-corrected chi connectivity index (χ0v) is 12.8. The van der Waals surface area contributed by atoms with Crippen LogP contribution < -0.4 is 9.91 Å². The minimum atomic E-state index is -0.901. The average molecular weight is 324 g/mol. The highest BCUT2D eigenvalue weighted by atomic mass is 19.1. The lowest BCUT2D eigenvalue weighted by Gasteiger charge is -2.20. The first kappa shape index (κ1) is 14.5. The van der Waals surface area contributed by atoms with Crippen LogP contribution in [0.5, 0.6) is 0 Å². The molecule has 0 bridgehead atoms. The highest BCUT2D eigenvalue weighted by Crippen LogP contribution is 2.34. The summed E-state index contributed by atoms with van der Waals surface area (Å²) in [5, 5.41) is 9.13. The Hall–Kier alpha value is -3.09. The molecule has 24 heavy (non-hydrogen) atoms. The second-order valence-corrected chi connectivity index (χ2v) is 5.77. The van der Waals surface area contributed by atoms with Gasteiger partial charge in [0.2, 0.25) is 0 Å². The van der Waals surface area contributed by atoms with Crippen molar-refractivity contribution < 1.29 is 14.0 Å². The quantitative estimate of drug-likeness (QED) is 0.798. The van der Waals surface area contributed by atoms with Gasteiger partial charge in [0.15, 0.2) is 12.1 Å². The number of amides is 2. The molecule has 6 nitrogen and oxygen atoms in total. The molecule has 4 rings (SSSR count). The van der Waals surface area contributed by atoms with E-state index in [4.69, 9.17) is 0 Å². The fourth-order valence-corrected chi connectivity index (χ4v) is 2.94. The summed E-state index contributed by atoms with van der Waals surface area (Å²) in [7, 11) is 0. The number of rotatable bonds is 2. The SMILES string of the molecule is Cc1ccc(N2C(=O)[C@@H]3N=NN(c4cccc(F)c4)[C@H]3C2=O)cc1. The number of fused-ring (bicyclic) bond motifs is 1. The Morgan fingerprint density at radius 2 is 1.75 bits per heavy atom. The molecular formula is C17H13FN4O2. The standard InChI is InChI=1S/C17H13FN4O2/c1-10-5-7-12(8-6-10)21-16(23)14-15(17(21)24)22(20-19-14)13-4-2-3-11(18)9-13/h2-9,14-15H,1H3/t14-,15-/m1/s1. The van der Waals surface area contributed by atoms with Gasteiger partial charge in [-0.15, -0.1) is 0 Å². The van der Waals surface area contributed by atoms with Gasteiger partial charge in [-0.05, 0) is 37.3 Å². The van der Waals surface area contributed by atoms with Crippen molar-refractivity contribution in [2.24, 2.45) is 10.3 Å². The maximum atomic E-state index is 13.5. The lowest BCUT2D eigenvalue weighted by Crippen LogP contribution is -2.39. The van der Waals surface area contributed by atoms with Crippen LogP contribution in [0.1, 0.15) is 5.56 Å². The van der Waals surface area contributed by atoms with Crippen molar-refractivity contribution in [3.8, 4) is 0 Å². The van der Waals surface area contributed by atoms with Crippen molar-refractivity contribution >= 4 is 23.2 Å². The Morgan fingerprint density at radius 1 is 1.00 bits per heavy atom. The number of carbonyl (C=O) groups excluding carboxylic acids is 2. The second kappa shape index (κ2) is 5.23. The predicted octanol–water partition coefficient (Wildman–Crippen LogP) is 2.63. The lowest BCUT2D eigenvalue weighted by atomic mass is 10.1. The minimum Gasteiger partial charge on any atom is -0.271 e. The van der Waals surface area contributed by atoms with E-state index in [0.717, 1.165) is 10.5 Å². The molecule has 2 heterocycles. The molecule has 0 saturated carbocycles. The monoisotopic (exact) mass is 324 g/mol. The largest absolute Gasteiger partial charge is 0.271 e. The molecule has 7 heteroatoms. The number of imide groups is 1. The first-order valence-electron chi connectivity index (χ1n) is 7.46. The first-order valence-corrected chi connectivity index (χ1v) is 7.46. The van der Waals surface area contributed by atoms with Crippen LogP contribution in [0, 0.1) is 12.7 Å². The smallest absolute Gasteiger partial charge is 0.263 e. The summed E-state index contributed by atoms with van der Waals surface area (Å²) in [5.74, 6) is -1.28. The van der Waals surface area contributed by atoms with Crippen LogP contribution in [0.3, 0.4) is 0 Å². The number of hydrogen-bond donors (Lipinski definition) is 0. The van der Waals surface area contributed by atoms with Crippen molar-refractivity contribution in [1.82, 2.24) is 0 Å². The molecular weight excluding hydrogens is 311 g/mol. The van der Waals surface area contributed by atoms with Crippen LogP contribution in [0.15, 0.2) is 58.9 Å². The van der Waals surface area contributed by atoms with E-state index in [0.29, 0.717) is 11.4 Å². The van der Waals surface area contributed by atoms with E-state index in [1.807, 2.05) is 19.1 Å². The van der Waals surface area contributed by atoms with Gasteiger partial charge in [-0.3, -0.25) is 9.59 Å². The number of nitrogens with zero attached hydrogens (tertiary/aromatic N) is 4. The second-order valence-electron chi connectivity index (χ2n) is 5.77. The molecule has 2 aromatic rings. The summed E-state index contributed by atoms with van der Waals surface area (Å²) >= 11 is 0. The molecule has 120 valence electrons. The van der Waals surface area contributed by atoms with Crippen LogP contribution in [0.2, 0.25) is 0 Å². The molecule has 0 radical (unpaired) electrons. The third-order valence-corrected chi connectivity index (χ3v) is 4.15. The van der Waals surface area contributed by atoms with E-state index >= 15 is 0 Å². The van der Waals surface area contributed by atoms with Crippen molar-refractivity contribution in [2.45, 2.75) is 19.0 Å². The normalized spacial score (nSPS) is 22.4.